The van der Waals surface area contributed by atoms with Crippen molar-refractivity contribution in [1.29, 1.82) is 0 Å². The van der Waals surface area contributed by atoms with Gasteiger partial charge in [-0.1, -0.05) is 34.9 Å². The van der Waals surface area contributed by atoms with Crippen LogP contribution >= 0.6 is 23.2 Å². The average molecular weight is 483 g/mol. The molecule has 3 aliphatic rings. The van der Waals surface area contributed by atoms with Crippen LogP contribution in [-0.4, -0.2) is 23.6 Å². The topological polar surface area (TPSA) is 74.8 Å². The van der Waals surface area contributed by atoms with Gasteiger partial charge in [-0.05, 0) is 67.8 Å². The predicted octanol–water partition coefficient (Wildman–Crippen LogP) is 4.64. The number of carbonyl (C=O) groups excluding carboxylic acids is 4. The summed E-state index contributed by atoms with van der Waals surface area (Å²) in [4.78, 5) is 54.8. The summed E-state index contributed by atoms with van der Waals surface area (Å²) in [7, 11) is 0. The van der Waals surface area contributed by atoms with Gasteiger partial charge in [0.1, 0.15) is 0 Å². The maximum Gasteiger partial charge on any atom is 0.241 e. The van der Waals surface area contributed by atoms with E-state index >= 15 is 0 Å². The van der Waals surface area contributed by atoms with Gasteiger partial charge in [-0.25, -0.2) is 4.90 Å². The van der Waals surface area contributed by atoms with E-state index in [0.29, 0.717) is 27.8 Å². The zero-order chi connectivity index (χ0) is 23.4. The molecule has 2 heterocycles. The molecule has 0 bridgehead atoms. The fourth-order valence-electron chi connectivity index (χ4n) is 5.26. The Morgan fingerprint density at radius 2 is 1.24 bits per heavy atom. The van der Waals surface area contributed by atoms with Crippen LogP contribution in [0.25, 0.3) is 0 Å². The number of amides is 4. The van der Waals surface area contributed by atoms with Gasteiger partial charge in [0.15, 0.2) is 0 Å². The van der Waals surface area contributed by atoms with Crippen molar-refractivity contribution in [2.24, 2.45) is 23.7 Å². The van der Waals surface area contributed by atoms with Crippen LogP contribution < -0.4 is 9.80 Å². The minimum absolute atomic E-state index is 0.0658. The lowest BCUT2D eigenvalue weighted by molar-refractivity contribution is -0.125. The Morgan fingerprint density at radius 3 is 1.82 bits per heavy atom. The third-order valence-electron chi connectivity index (χ3n) is 6.79. The first-order valence-corrected chi connectivity index (χ1v) is 11.5. The number of hydrogen-bond donors (Lipinski definition) is 0. The van der Waals surface area contributed by atoms with Crippen LogP contribution in [0.4, 0.5) is 11.4 Å². The third-order valence-corrected chi connectivity index (χ3v) is 7.29. The van der Waals surface area contributed by atoms with Crippen molar-refractivity contribution in [3.05, 3.63) is 70.2 Å². The second-order valence-electron chi connectivity index (χ2n) is 8.74. The van der Waals surface area contributed by atoms with Gasteiger partial charge in [0.25, 0.3) is 0 Å². The molecule has 6 nitrogen and oxygen atoms in total. The Bertz CT molecular complexity index is 1210. The third kappa shape index (κ3) is 3.58. The van der Waals surface area contributed by atoms with E-state index < -0.39 is 17.8 Å². The monoisotopic (exact) mass is 482 g/mol. The van der Waals surface area contributed by atoms with Gasteiger partial charge in [0.2, 0.25) is 23.6 Å². The molecule has 5 rings (SSSR count). The van der Waals surface area contributed by atoms with Gasteiger partial charge in [0, 0.05) is 16.5 Å². The smallest absolute Gasteiger partial charge is 0.241 e. The molecule has 0 aromatic heterocycles. The quantitative estimate of drug-likeness (QED) is 0.471. The molecule has 0 radical (unpaired) electrons. The van der Waals surface area contributed by atoms with Crippen LogP contribution in [0.2, 0.25) is 10.0 Å². The van der Waals surface area contributed by atoms with E-state index in [9.17, 15) is 19.2 Å². The van der Waals surface area contributed by atoms with Crippen molar-refractivity contribution in [2.75, 3.05) is 9.80 Å². The van der Waals surface area contributed by atoms with Gasteiger partial charge >= 0.3 is 0 Å². The van der Waals surface area contributed by atoms with E-state index in [4.69, 9.17) is 23.2 Å². The Kier molecular flexibility index (Phi) is 5.38. The van der Waals surface area contributed by atoms with Gasteiger partial charge in [-0.15, -0.1) is 0 Å². The minimum atomic E-state index is -0.573. The van der Waals surface area contributed by atoms with E-state index in [0.717, 1.165) is 5.57 Å². The van der Waals surface area contributed by atoms with Crippen molar-refractivity contribution >= 4 is 58.2 Å². The first-order valence-electron chi connectivity index (χ1n) is 10.7. The van der Waals surface area contributed by atoms with Crippen LogP contribution in [0.3, 0.4) is 0 Å². The summed E-state index contributed by atoms with van der Waals surface area (Å²) in [6, 6.07) is 13.1. The van der Waals surface area contributed by atoms with Gasteiger partial charge in [0.05, 0.1) is 29.1 Å². The van der Waals surface area contributed by atoms with E-state index in [1.807, 2.05) is 13.0 Å². The molecule has 0 spiro atoms. The SMILES string of the molecule is CC1=C[C@H]([C@@H]2CC(=O)N(c3ccc(Cl)cc3)C2=O)C[C@@H]2C(=O)N(c3ccc(Cl)cc3)C(=O)[C@H]12. The largest absolute Gasteiger partial charge is 0.274 e. The zero-order valence-corrected chi connectivity index (χ0v) is 19.2. The summed E-state index contributed by atoms with van der Waals surface area (Å²) >= 11 is 11.9. The standard InChI is InChI=1S/C25H20Cl2N2O4/c1-13-10-14(19-12-21(30)28(23(19)31)17-6-2-15(26)3-7-17)11-20-22(13)25(33)29(24(20)32)18-8-4-16(27)5-9-18/h2-10,14,19-20,22H,11-12H2,1H3/t14-,19-,20-,22+/m0/s1. The molecule has 2 aromatic rings. The molecule has 8 heteroatoms. The Labute approximate surface area is 200 Å². The molecule has 1 aliphatic carbocycles. The summed E-state index contributed by atoms with van der Waals surface area (Å²) in [5.74, 6) is -3.11. The van der Waals surface area contributed by atoms with Crippen molar-refractivity contribution in [3.63, 3.8) is 0 Å². The fourth-order valence-corrected chi connectivity index (χ4v) is 5.51. The molecule has 2 aromatic carbocycles. The number of hydrogen-bond acceptors (Lipinski definition) is 4. The van der Waals surface area contributed by atoms with Crippen molar-refractivity contribution in [2.45, 2.75) is 19.8 Å². The number of imide groups is 2. The van der Waals surface area contributed by atoms with E-state index in [-0.39, 0.29) is 36.0 Å². The molecule has 0 saturated carbocycles. The second kappa shape index (κ2) is 8.12. The summed E-state index contributed by atoms with van der Waals surface area (Å²) in [6.07, 6.45) is 2.31. The molecular formula is C25H20Cl2N2O4. The summed E-state index contributed by atoms with van der Waals surface area (Å²) in [5, 5.41) is 1.03. The highest BCUT2D eigenvalue weighted by Gasteiger charge is 2.53. The molecule has 168 valence electrons. The minimum Gasteiger partial charge on any atom is -0.274 e. The van der Waals surface area contributed by atoms with Crippen LogP contribution in [0.5, 0.6) is 0 Å². The maximum absolute atomic E-state index is 13.3. The summed E-state index contributed by atoms with van der Waals surface area (Å²) in [5.41, 5.74) is 1.72. The van der Waals surface area contributed by atoms with Gasteiger partial charge < -0.3 is 0 Å². The molecule has 0 unspecified atom stereocenters. The molecule has 0 N–H and O–H groups in total. The number of anilines is 2. The first-order chi connectivity index (χ1) is 15.8. The number of allylic oxidation sites excluding steroid dienone is 1. The number of rotatable bonds is 3. The highest BCUT2D eigenvalue weighted by atomic mass is 35.5. The fraction of sp³-hybridized carbons (Fsp3) is 0.280. The predicted molar refractivity (Wildman–Crippen MR) is 125 cm³/mol. The van der Waals surface area contributed by atoms with Gasteiger partial charge in [-0.2, -0.15) is 0 Å². The Morgan fingerprint density at radius 1 is 0.727 bits per heavy atom. The van der Waals surface area contributed by atoms with Crippen LogP contribution in [-0.2, 0) is 19.2 Å². The highest BCUT2D eigenvalue weighted by molar-refractivity contribution is 6.31. The lowest BCUT2D eigenvalue weighted by Crippen LogP contribution is -2.35. The number of fused-ring (bicyclic) bond motifs is 1. The maximum atomic E-state index is 13.3. The van der Waals surface area contributed by atoms with E-state index in [1.54, 1.807) is 48.5 Å². The van der Waals surface area contributed by atoms with Crippen LogP contribution in [0.1, 0.15) is 19.8 Å². The molecule has 4 atom stereocenters. The molecule has 4 amide bonds. The van der Waals surface area contributed by atoms with Crippen LogP contribution in [0, 0.1) is 23.7 Å². The summed E-state index contributed by atoms with van der Waals surface area (Å²) in [6.45, 7) is 1.82. The zero-order valence-electron chi connectivity index (χ0n) is 17.7. The van der Waals surface area contributed by atoms with Crippen LogP contribution in [0.15, 0.2) is 60.2 Å². The van der Waals surface area contributed by atoms with E-state index in [1.165, 1.54) is 9.80 Å². The van der Waals surface area contributed by atoms with Gasteiger partial charge in [-0.3, -0.25) is 24.1 Å². The molecule has 2 aliphatic heterocycles. The van der Waals surface area contributed by atoms with Crippen molar-refractivity contribution in [3.8, 4) is 0 Å². The number of nitrogens with zero attached hydrogens (tertiary/aromatic N) is 2. The Hall–Kier alpha value is -2.96. The highest BCUT2D eigenvalue weighted by Crippen LogP contribution is 2.46. The molecule has 2 fully saturated rings. The number of carbonyl (C=O) groups is 4. The number of benzene rings is 2. The number of halogens is 2. The Balaban J connectivity index is 1.41. The average Bonchev–Trinajstić information content (AvgIpc) is 3.22. The first kappa shape index (κ1) is 21.9. The second-order valence-corrected chi connectivity index (χ2v) is 9.61. The normalized spacial score (nSPS) is 27.3. The lowest BCUT2D eigenvalue weighted by atomic mass is 9.71. The van der Waals surface area contributed by atoms with E-state index in [2.05, 4.69) is 0 Å². The summed E-state index contributed by atoms with van der Waals surface area (Å²) < 4.78 is 0. The molecule has 33 heavy (non-hydrogen) atoms. The molecule has 2 saturated heterocycles. The van der Waals surface area contributed by atoms with Crippen molar-refractivity contribution in [1.82, 2.24) is 0 Å². The molecular weight excluding hydrogens is 463 g/mol. The van der Waals surface area contributed by atoms with Crippen molar-refractivity contribution < 1.29 is 19.2 Å². The lowest BCUT2D eigenvalue weighted by Gasteiger charge is -2.29.